The molecule has 2 aromatic carbocycles. The van der Waals surface area contributed by atoms with Gasteiger partial charge < -0.3 is 20.1 Å². The van der Waals surface area contributed by atoms with E-state index in [2.05, 4.69) is 9.97 Å². The van der Waals surface area contributed by atoms with Gasteiger partial charge in [0.05, 0.1) is 25.3 Å². The molecule has 1 aromatic heterocycles. The number of carbonyl (C=O) groups excluding carboxylic acids is 1. The quantitative estimate of drug-likeness (QED) is 0.621. The first-order valence-electron chi connectivity index (χ1n) is 9.84. The molecular formula is C22H22F2N4O3. The molecule has 1 aliphatic rings. The standard InChI is InChI=1S/C22H22F2N4O3/c1-30-18-10-15-17(11-19(18)31-2)26-22(27-21(15)25)28-7-5-12(6-8-28)20(29)14-9-13(23)3-4-16(14)24/h3-4,9-12H,5-8H2,1-2H3,(H2,25,26,27). The molecule has 3 aromatic rings. The minimum atomic E-state index is -0.705. The molecule has 0 radical (unpaired) electrons. The molecule has 2 N–H and O–H groups in total. The van der Waals surface area contributed by atoms with Crippen LogP contribution >= 0.6 is 0 Å². The summed E-state index contributed by atoms with van der Waals surface area (Å²) in [4.78, 5) is 23.6. The van der Waals surface area contributed by atoms with Crippen molar-refractivity contribution >= 4 is 28.5 Å². The van der Waals surface area contributed by atoms with Gasteiger partial charge in [-0.05, 0) is 37.1 Å². The number of halogens is 2. The van der Waals surface area contributed by atoms with Gasteiger partial charge in [0.2, 0.25) is 5.95 Å². The number of fused-ring (bicyclic) bond motifs is 1. The number of nitrogens with two attached hydrogens (primary N) is 1. The van der Waals surface area contributed by atoms with Gasteiger partial charge in [0.25, 0.3) is 0 Å². The number of benzene rings is 2. The van der Waals surface area contributed by atoms with Crippen LogP contribution in [0.5, 0.6) is 11.5 Å². The van der Waals surface area contributed by atoms with Crippen LogP contribution in [-0.2, 0) is 0 Å². The molecule has 0 bridgehead atoms. The Morgan fingerprint density at radius 3 is 2.42 bits per heavy atom. The highest BCUT2D eigenvalue weighted by Gasteiger charge is 2.29. The molecule has 7 nitrogen and oxygen atoms in total. The largest absolute Gasteiger partial charge is 0.493 e. The van der Waals surface area contributed by atoms with E-state index < -0.39 is 17.6 Å². The van der Waals surface area contributed by atoms with Crippen molar-refractivity contribution in [3.05, 3.63) is 47.5 Å². The second kappa shape index (κ2) is 8.33. The van der Waals surface area contributed by atoms with Crippen molar-refractivity contribution in [2.75, 3.05) is 37.9 Å². The summed E-state index contributed by atoms with van der Waals surface area (Å²) in [7, 11) is 3.08. The molecule has 0 saturated carbocycles. The number of Topliss-reactive ketones (excluding diaryl/α,β-unsaturated/α-hetero) is 1. The Labute approximate surface area is 177 Å². The second-order valence-electron chi connectivity index (χ2n) is 7.38. The van der Waals surface area contributed by atoms with Crippen LogP contribution in [0.25, 0.3) is 10.9 Å². The molecule has 9 heteroatoms. The smallest absolute Gasteiger partial charge is 0.227 e. The van der Waals surface area contributed by atoms with Gasteiger partial charge in [0.15, 0.2) is 17.3 Å². The minimum absolute atomic E-state index is 0.203. The Morgan fingerprint density at radius 1 is 1.06 bits per heavy atom. The van der Waals surface area contributed by atoms with E-state index in [9.17, 15) is 13.6 Å². The van der Waals surface area contributed by atoms with Crippen LogP contribution in [-0.4, -0.2) is 43.1 Å². The summed E-state index contributed by atoms with van der Waals surface area (Å²) in [5.74, 6) is -0.302. The Hall–Kier alpha value is -3.49. The first kappa shape index (κ1) is 20.8. The predicted octanol–water partition coefficient (Wildman–Crippen LogP) is 3.61. The summed E-state index contributed by atoms with van der Waals surface area (Å²) in [6.45, 7) is 0.983. The lowest BCUT2D eigenvalue weighted by Gasteiger charge is -2.31. The SMILES string of the molecule is COc1cc2nc(N3CCC(C(=O)c4cc(F)ccc4F)CC3)nc(N)c2cc1OC. The lowest BCUT2D eigenvalue weighted by molar-refractivity contribution is 0.0895. The lowest BCUT2D eigenvalue weighted by atomic mass is 9.88. The van der Waals surface area contributed by atoms with Gasteiger partial charge in [-0.2, -0.15) is 4.98 Å². The number of ether oxygens (including phenoxy) is 2. The van der Waals surface area contributed by atoms with Crippen LogP contribution in [0, 0.1) is 17.6 Å². The Morgan fingerprint density at radius 2 is 1.74 bits per heavy atom. The van der Waals surface area contributed by atoms with Gasteiger partial charge in [0.1, 0.15) is 17.5 Å². The molecule has 31 heavy (non-hydrogen) atoms. The van der Waals surface area contributed by atoms with Crippen molar-refractivity contribution in [2.45, 2.75) is 12.8 Å². The first-order valence-corrected chi connectivity index (χ1v) is 9.84. The van der Waals surface area contributed by atoms with E-state index in [1.165, 1.54) is 7.11 Å². The number of nitrogen functional groups attached to an aromatic ring is 1. The molecule has 0 spiro atoms. The fraction of sp³-hybridized carbons (Fsp3) is 0.318. The van der Waals surface area contributed by atoms with E-state index in [0.29, 0.717) is 60.1 Å². The normalized spacial score (nSPS) is 14.6. The minimum Gasteiger partial charge on any atom is -0.493 e. The summed E-state index contributed by atoms with van der Waals surface area (Å²) in [5, 5.41) is 0.646. The third kappa shape index (κ3) is 3.95. The Bertz CT molecular complexity index is 1150. The Kier molecular flexibility index (Phi) is 5.58. The second-order valence-corrected chi connectivity index (χ2v) is 7.38. The van der Waals surface area contributed by atoms with E-state index in [0.717, 1.165) is 18.2 Å². The number of carbonyl (C=O) groups is 1. The number of hydrogen-bond acceptors (Lipinski definition) is 7. The topological polar surface area (TPSA) is 90.6 Å². The monoisotopic (exact) mass is 428 g/mol. The summed E-state index contributed by atoms with van der Waals surface area (Å²) < 4.78 is 38.1. The molecule has 0 atom stereocenters. The maximum Gasteiger partial charge on any atom is 0.227 e. The molecule has 1 aliphatic heterocycles. The molecule has 1 saturated heterocycles. The number of aromatic nitrogens is 2. The average molecular weight is 428 g/mol. The van der Waals surface area contributed by atoms with Crippen LogP contribution in [0.3, 0.4) is 0 Å². The first-order chi connectivity index (χ1) is 14.9. The van der Waals surface area contributed by atoms with E-state index >= 15 is 0 Å². The summed E-state index contributed by atoms with van der Waals surface area (Å²) in [6.07, 6.45) is 0.948. The number of piperidine rings is 1. The highest BCUT2D eigenvalue weighted by Crippen LogP contribution is 2.34. The van der Waals surface area contributed by atoms with E-state index in [1.54, 1.807) is 19.2 Å². The van der Waals surface area contributed by atoms with Crippen LogP contribution in [0.2, 0.25) is 0 Å². The maximum atomic E-state index is 14.0. The van der Waals surface area contributed by atoms with Crippen LogP contribution in [0.1, 0.15) is 23.2 Å². The fourth-order valence-corrected chi connectivity index (χ4v) is 3.86. The maximum absolute atomic E-state index is 14.0. The molecule has 1 fully saturated rings. The average Bonchev–Trinajstić information content (AvgIpc) is 2.79. The van der Waals surface area contributed by atoms with Gasteiger partial charge >= 0.3 is 0 Å². The highest BCUT2D eigenvalue weighted by atomic mass is 19.1. The van der Waals surface area contributed by atoms with Gasteiger partial charge in [0, 0.05) is 30.5 Å². The van der Waals surface area contributed by atoms with Crippen molar-refractivity contribution in [3.8, 4) is 11.5 Å². The van der Waals surface area contributed by atoms with Gasteiger partial charge in [-0.25, -0.2) is 13.8 Å². The number of anilines is 2. The van der Waals surface area contributed by atoms with Crippen molar-refractivity contribution in [3.63, 3.8) is 0 Å². The summed E-state index contributed by atoms with van der Waals surface area (Å²) in [6, 6.07) is 6.40. The Balaban J connectivity index is 1.54. The third-order valence-corrected chi connectivity index (χ3v) is 5.56. The van der Waals surface area contributed by atoms with Gasteiger partial charge in [-0.3, -0.25) is 4.79 Å². The molecule has 2 heterocycles. The predicted molar refractivity (Wildman–Crippen MR) is 113 cm³/mol. The van der Waals surface area contributed by atoms with E-state index in [4.69, 9.17) is 15.2 Å². The third-order valence-electron chi connectivity index (χ3n) is 5.56. The molecule has 0 aliphatic carbocycles. The van der Waals surface area contributed by atoms with Crippen LogP contribution in [0.4, 0.5) is 20.5 Å². The fourth-order valence-electron chi connectivity index (χ4n) is 3.86. The highest BCUT2D eigenvalue weighted by molar-refractivity contribution is 5.98. The number of methoxy groups -OCH3 is 2. The van der Waals surface area contributed by atoms with Crippen molar-refractivity contribution in [1.82, 2.24) is 9.97 Å². The number of ketones is 1. The molecule has 0 unspecified atom stereocenters. The zero-order valence-corrected chi connectivity index (χ0v) is 17.2. The zero-order valence-electron chi connectivity index (χ0n) is 17.2. The number of nitrogens with zero attached hydrogens (tertiary/aromatic N) is 3. The van der Waals surface area contributed by atoms with Gasteiger partial charge in [-0.15, -0.1) is 0 Å². The molecule has 0 amide bonds. The van der Waals surface area contributed by atoms with Crippen molar-refractivity contribution in [1.29, 1.82) is 0 Å². The molecule has 162 valence electrons. The molecular weight excluding hydrogens is 406 g/mol. The zero-order chi connectivity index (χ0) is 22.1. The summed E-state index contributed by atoms with van der Waals surface area (Å²) in [5.41, 5.74) is 6.56. The van der Waals surface area contributed by atoms with Crippen LogP contribution < -0.4 is 20.1 Å². The summed E-state index contributed by atoms with van der Waals surface area (Å²) >= 11 is 0. The van der Waals surface area contributed by atoms with E-state index in [1.807, 2.05) is 4.90 Å². The van der Waals surface area contributed by atoms with Crippen molar-refractivity contribution in [2.24, 2.45) is 5.92 Å². The van der Waals surface area contributed by atoms with Crippen molar-refractivity contribution < 1.29 is 23.0 Å². The van der Waals surface area contributed by atoms with E-state index in [-0.39, 0.29) is 11.3 Å². The molecule has 4 rings (SSSR count). The van der Waals surface area contributed by atoms with Crippen LogP contribution in [0.15, 0.2) is 30.3 Å². The lowest BCUT2D eigenvalue weighted by Crippen LogP contribution is -2.37. The van der Waals surface area contributed by atoms with Gasteiger partial charge in [-0.1, -0.05) is 0 Å². The number of hydrogen-bond donors (Lipinski definition) is 1. The number of rotatable bonds is 5.